The highest BCUT2D eigenvalue weighted by atomic mass is 16.5. The van der Waals surface area contributed by atoms with Crippen LogP contribution in [0.5, 0.6) is 0 Å². The van der Waals surface area contributed by atoms with Crippen molar-refractivity contribution in [2.45, 2.75) is 13.0 Å². The van der Waals surface area contributed by atoms with Gasteiger partial charge in [-0.1, -0.05) is 0 Å². The van der Waals surface area contributed by atoms with Crippen LogP contribution in [0, 0.1) is 0 Å². The second-order valence-electron chi connectivity index (χ2n) is 4.00. The predicted molar refractivity (Wildman–Crippen MR) is 60.6 cm³/mol. The van der Waals surface area contributed by atoms with Crippen molar-refractivity contribution in [1.82, 2.24) is 15.5 Å². The molecule has 8 heteroatoms. The molecule has 0 aliphatic carbocycles. The van der Waals surface area contributed by atoms with Crippen LogP contribution >= 0.6 is 0 Å². The van der Waals surface area contributed by atoms with Gasteiger partial charge in [0.15, 0.2) is 0 Å². The third kappa shape index (κ3) is 2.65. The molecule has 0 saturated carbocycles. The molecule has 2 saturated heterocycles. The van der Waals surface area contributed by atoms with Crippen molar-refractivity contribution in [2.75, 3.05) is 26.3 Å². The van der Waals surface area contributed by atoms with Gasteiger partial charge in [0.25, 0.3) is 0 Å². The second kappa shape index (κ2) is 5.13. The number of aliphatic imine (C=N–C) groups is 1. The van der Waals surface area contributed by atoms with Crippen LogP contribution in [-0.2, 0) is 19.1 Å². The summed E-state index contributed by atoms with van der Waals surface area (Å²) in [5.41, 5.74) is 0. The molecule has 1 unspecified atom stereocenters. The van der Waals surface area contributed by atoms with Gasteiger partial charge >= 0.3 is 11.8 Å². The van der Waals surface area contributed by atoms with Crippen molar-refractivity contribution in [3.05, 3.63) is 0 Å². The maximum absolute atomic E-state index is 12.0. The van der Waals surface area contributed by atoms with E-state index in [0.29, 0.717) is 26.3 Å². The number of nitrogens with one attached hydrogen (secondary N) is 2. The highest BCUT2D eigenvalue weighted by Gasteiger charge is 2.28. The molecule has 1 atom stereocenters. The van der Waals surface area contributed by atoms with Gasteiger partial charge in [0.1, 0.15) is 6.04 Å². The summed E-state index contributed by atoms with van der Waals surface area (Å²) in [6.45, 7) is 3.71. The molecule has 0 aromatic carbocycles. The highest BCUT2D eigenvalue weighted by Crippen LogP contribution is 2.03. The van der Waals surface area contributed by atoms with E-state index >= 15 is 0 Å². The van der Waals surface area contributed by atoms with Gasteiger partial charge in [-0.05, 0) is 6.92 Å². The minimum Gasteiger partial charge on any atom is -0.378 e. The van der Waals surface area contributed by atoms with Crippen LogP contribution in [0.2, 0.25) is 0 Å². The van der Waals surface area contributed by atoms with E-state index in [9.17, 15) is 14.4 Å². The Morgan fingerprint density at radius 1 is 1.28 bits per heavy atom. The van der Waals surface area contributed by atoms with Gasteiger partial charge < -0.3 is 9.64 Å². The number of hydrogen-bond acceptors (Lipinski definition) is 5. The molecule has 8 nitrogen and oxygen atoms in total. The maximum Gasteiger partial charge on any atom is 0.316 e. The van der Waals surface area contributed by atoms with Crippen LogP contribution in [0.1, 0.15) is 6.92 Å². The van der Waals surface area contributed by atoms with E-state index in [4.69, 9.17) is 4.74 Å². The van der Waals surface area contributed by atoms with Crippen molar-refractivity contribution in [3.8, 4) is 0 Å². The molecule has 0 aromatic rings. The summed E-state index contributed by atoms with van der Waals surface area (Å²) in [6.07, 6.45) is 0. The Labute approximate surface area is 103 Å². The van der Waals surface area contributed by atoms with Gasteiger partial charge in [-0.2, -0.15) is 0 Å². The summed E-state index contributed by atoms with van der Waals surface area (Å²) in [6, 6.07) is -0.656. The van der Waals surface area contributed by atoms with Crippen LogP contribution in [-0.4, -0.2) is 60.9 Å². The van der Waals surface area contributed by atoms with Crippen LogP contribution in [0.15, 0.2) is 4.99 Å². The number of hydrogen-bond donors (Lipinski definition) is 2. The van der Waals surface area contributed by atoms with E-state index in [1.165, 1.54) is 0 Å². The van der Waals surface area contributed by atoms with Gasteiger partial charge in [0.2, 0.25) is 11.9 Å². The number of morpholine rings is 1. The summed E-state index contributed by atoms with van der Waals surface area (Å²) in [7, 11) is 0. The van der Waals surface area contributed by atoms with Gasteiger partial charge in [-0.25, -0.2) is 4.99 Å². The Morgan fingerprint density at radius 3 is 2.39 bits per heavy atom. The molecule has 0 radical (unpaired) electrons. The fraction of sp³-hybridized carbons (Fsp3) is 0.600. The fourth-order valence-corrected chi connectivity index (χ4v) is 1.72. The number of carbonyl (C=O) groups is 3. The van der Waals surface area contributed by atoms with Crippen LogP contribution < -0.4 is 10.6 Å². The summed E-state index contributed by atoms with van der Waals surface area (Å²) >= 11 is 0. The van der Waals surface area contributed by atoms with Gasteiger partial charge in [-0.15, -0.1) is 0 Å². The molecule has 0 aromatic heterocycles. The zero-order valence-corrected chi connectivity index (χ0v) is 9.93. The van der Waals surface area contributed by atoms with Crippen LogP contribution in [0.25, 0.3) is 0 Å². The van der Waals surface area contributed by atoms with E-state index in [0.717, 1.165) is 0 Å². The van der Waals surface area contributed by atoms with E-state index in [1.807, 2.05) is 0 Å². The van der Waals surface area contributed by atoms with Crippen molar-refractivity contribution < 1.29 is 19.1 Å². The molecular weight excluding hydrogens is 240 g/mol. The Bertz CT molecular complexity index is 396. The SMILES string of the molecule is CC(N=C1NC(=O)C(=O)N1)C(=O)N1CCOCC1. The molecule has 3 amide bonds. The summed E-state index contributed by atoms with van der Waals surface area (Å²) in [5, 5.41) is 4.49. The first-order valence-corrected chi connectivity index (χ1v) is 5.64. The predicted octanol–water partition coefficient (Wildman–Crippen LogP) is -2.16. The maximum atomic E-state index is 12.0. The lowest BCUT2D eigenvalue weighted by Gasteiger charge is -2.28. The Kier molecular flexibility index (Phi) is 3.56. The third-order valence-electron chi connectivity index (χ3n) is 2.67. The minimum atomic E-state index is -0.764. The number of rotatable bonds is 2. The smallest absolute Gasteiger partial charge is 0.316 e. The zero-order valence-electron chi connectivity index (χ0n) is 9.93. The zero-order chi connectivity index (χ0) is 13.1. The molecule has 2 N–H and O–H groups in total. The number of guanidine groups is 1. The molecule has 0 bridgehead atoms. The average molecular weight is 254 g/mol. The van der Waals surface area contributed by atoms with E-state index in [1.54, 1.807) is 11.8 Å². The second-order valence-corrected chi connectivity index (χ2v) is 4.00. The van der Waals surface area contributed by atoms with Crippen molar-refractivity contribution in [2.24, 2.45) is 4.99 Å². The minimum absolute atomic E-state index is 0.0270. The first-order valence-electron chi connectivity index (χ1n) is 5.64. The molecule has 0 spiro atoms. The van der Waals surface area contributed by atoms with Gasteiger partial charge in [0, 0.05) is 13.1 Å². The molecule has 2 aliphatic rings. The molecule has 2 fully saturated rings. The first-order chi connectivity index (χ1) is 8.58. The fourth-order valence-electron chi connectivity index (χ4n) is 1.72. The number of ether oxygens (including phenoxy) is 1. The lowest BCUT2D eigenvalue weighted by molar-refractivity contribution is -0.136. The van der Waals surface area contributed by atoms with Gasteiger partial charge in [-0.3, -0.25) is 25.0 Å². The standard InChI is InChI=1S/C10H14N4O4/c1-6(9(17)14-2-4-18-5-3-14)11-10-12-7(15)8(16)13-10/h6H,2-5H2,1H3,(H2,11,12,13,15,16). The monoisotopic (exact) mass is 254 g/mol. The van der Waals surface area contributed by atoms with Crippen molar-refractivity contribution in [1.29, 1.82) is 0 Å². The largest absolute Gasteiger partial charge is 0.378 e. The highest BCUT2D eigenvalue weighted by molar-refractivity contribution is 6.45. The molecule has 2 aliphatic heterocycles. The van der Waals surface area contributed by atoms with E-state index in [-0.39, 0.29) is 11.9 Å². The average Bonchev–Trinajstić information content (AvgIpc) is 2.68. The Hall–Kier alpha value is -1.96. The molecule has 98 valence electrons. The number of nitrogens with zero attached hydrogens (tertiary/aromatic N) is 2. The summed E-state index contributed by atoms with van der Waals surface area (Å²) in [4.78, 5) is 39.5. The topological polar surface area (TPSA) is 100 Å². The first kappa shape index (κ1) is 12.5. The lowest BCUT2D eigenvalue weighted by atomic mass is 10.3. The Balaban J connectivity index is 1.96. The van der Waals surface area contributed by atoms with E-state index in [2.05, 4.69) is 15.6 Å². The normalized spacial score (nSPS) is 21.4. The van der Waals surface area contributed by atoms with Crippen molar-refractivity contribution in [3.63, 3.8) is 0 Å². The van der Waals surface area contributed by atoms with Crippen molar-refractivity contribution >= 4 is 23.7 Å². The van der Waals surface area contributed by atoms with E-state index < -0.39 is 17.9 Å². The molecular formula is C10H14N4O4. The Morgan fingerprint density at radius 2 is 1.83 bits per heavy atom. The number of amides is 3. The number of carbonyl (C=O) groups excluding carboxylic acids is 3. The molecule has 2 rings (SSSR count). The summed E-state index contributed by atoms with van der Waals surface area (Å²) in [5.74, 6) is -1.65. The molecule has 18 heavy (non-hydrogen) atoms. The van der Waals surface area contributed by atoms with Gasteiger partial charge in [0.05, 0.1) is 13.2 Å². The van der Waals surface area contributed by atoms with Crippen LogP contribution in [0.3, 0.4) is 0 Å². The summed E-state index contributed by atoms with van der Waals surface area (Å²) < 4.78 is 5.15. The lowest BCUT2D eigenvalue weighted by Crippen LogP contribution is -2.45. The third-order valence-corrected chi connectivity index (χ3v) is 2.67. The quantitative estimate of drug-likeness (QED) is 0.548. The molecule has 2 heterocycles. The van der Waals surface area contributed by atoms with Crippen LogP contribution in [0.4, 0.5) is 0 Å².